The highest BCUT2D eigenvalue weighted by Crippen LogP contribution is 2.31. The van der Waals surface area contributed by atoms with Crippen molar-refractivity contribution in [2.24, 2.45) is 0 Å². The minimum absolute atomic E-state index is 0.163. The summed E-state index contributed by atoms with van der Waals surface area (Å²) in [6, 6.07) is 18.8. The average Bonchev–Trinajstić information content (AvgIpc) is 2.84. The van der Waals surface area contributed by atoms with Crippen molar-refractivity contribution in [2.45, 2.75) is 6.92 Å². The topological polar surface area (TPSA) is 77.5 Å². The number of rotatable bonds is 7. The summed E-state index contributed by atoms with van der Waals surface area (Å²) in [5, 5.41) is 2.86. The van der Waals surface area contributed by atoms with Gasteiger partial charge in [-0.25, -0.2) is 18.6 Å². The molecule has 4 aromatic rings. The average molecular weight is 462 g/mol. The van der Waals surface area contributed by atoms with E-state index >= 15 is 0 Å². The number of anilines is 1. The first-order valence-corrected chi connectivity index (χ1v) is 10.5. The Morgan fingerprint density at radius 1 is 0.971 bits per heavy atom. The summed E-state index contributed by atoms with van der Waals surface area (Å²) in [4.78, 5) is 29.2. The molecule has 0 aliphatic rings. The molecule has 1 aromatic heterocycles. The zero-order chi connectivity index (χ0) is 24.1. The highest BCUT2D eigenvalue weighted by atomic mass is 19.1. The van der Waals surface area contributed by atoms with Gasteiger partial charge in [-0.05, 0) is 37.3 Å². The van der Waals surface area contributed by atoms with E-state index in [1.54, 1.807) is 31.2 Å². The number of ether oxygens (including phenoxy) is 2. The Hall–Kier alpha value is -4.33. The third-order valence-corrected chi connectivity index (χ3v) is 4.92. The lowest BCUT2D eigenvalue weighted by Crippen LogP contribution is -2.21. The highest BCUT2D eigenvalue weighted by molar-refractivity contribution is 5.97. The zero-order valence-corrected chi connectivity index (χ0v) is 18.2. The lowest BCUT2D eigenvalue weighted by Gasteiger charge is -2.13. The van der Waals surface area contributed by atoms with E-state index in [0.717, 1.165) is 17.7 Å². The van der Waals surface area contributed by atoms with Crippen molar-refractivity contribution in [1.82, 2.24) is 4.98 Å². The number of carbonyl (C=O) groups is 2. The Labute approximate surface area is 194 Å². The molecular weight excluding hydrogens is 442 g/mol. The van der Waals surface area contributed by atoms with Crippen molar-refractivity contribution in [3.05, 3.63) is 90.0 Å². The Bertz CT molecular complexity index is 1360. The fourth-order valence-electron chi connectivity index (χ4n) is 3.33. The first kappa shape index (κ1) is 22.8. The van der Waals surface area contributed by atoms with E-state index in [0.29, 0.717) is 34.0 Å². The van der Waals surface area contributed by atoms with Gasteiger partial charge in [-0.3, -0.25) is 4.79 Å². The number of hydrogen-bond acceptors (Lipinski definition) is 5. The third kappa shape index (κ3) is 5.17. The molecular formula is C26H20F2N2O4. The summed E-state index contributed by atoms with van der Waals surface area (Å²) in [6.07, 6.45) is 0. The number of hydrogen-bond donors (Lipinski definition) is 1. The number of halogens is 2. The van der Waals surface area contributed by atoms with E-state index in [4.69, 9.17) is 9.47 Å². The van der Waals surface area contributed by atoms with Crippen LogP contribution in [0.2, 0.25) is 0 Å². The molecule has 6 nitrogen and oxygen atoms in total. The van der Waals surface area contributed by atoms with Crippen LogP contribution in [0.4, 0.5) is 14.5 Å². The molecule has 0 radical (unpaired) electrons. The van der Waals surface area contributed by atoms with Gasteiger partial charge in [-0.1, -0.05) is 30.3 Å². The van der Waals surface area contributed by atoms with Gasteiger partial charge in [-0.15, -0.1) is 0 Å². The normalized spacial score (nSPS) is 10.7. The molecule has 1 heterocycles. The fourth-order valence-corrected chi connectivity index (χ4v) is 3.33. The number of benzene rings is 3. The van der Waals surface area contributed by atoms with Gasteiger partial charge in [0.1, 0.15) is 17.4 Å². The first-order chi connectivity index (χ1) is 16.4. The lowest BCUT2D eigenvalue weighted by atomic mass is 10.1. The number of pyridine rings is 1. The quantitative estimate of drug-likeness (QED) is 0.374. The zero-order valence-electron chi connectivity index (χ0n) is 18.2. The largest absolute Gasteiger partial charge is 0.483 e. The predicted molar refractivity (Wildman–Crippen MR) is 124 cm³/mol. The van der Waals surface area contributed by atoms with Crippen LogP contribution in [-0.2, 0) is 9.53 Å². The van der Waals surface area contributed by atoms with Crippen LogP contribution >= 0.6 is 0 Å². The van der Waals surface area contributed by atoms with Crippen LogP contribution in [0.1, 0.15) is 17.3 Å². The molecule has 0 aliphatic carbocycles. The Kier molecular flexibility index (Phi) is 6.77. The molecule has 0 bridgehead atoms. The fraction of sp³-hybridized carbons (Fsp3) is 0.115. The summed E-state index contributed by atoms with van der Waals surface area (Å²) in [5.74, 6) is -2.47. The van der Waals surface area contributed by atoms with Crippen molar-refractivity contribution in [3.8, 4) is 17.0 Å². The number of aromatic nitrogens is 1. The van der Waals surface area contributed by atoms with Crippen LogP contribution in [0, 0.1) is 11.6 Å². The highest BCUT2D eigenvalue weighted by Gasteiger charge is 2.15. The molecule has 0 fully saturated rings. The van der Waals surface area contributed by atoms with Crippen LogP contribution in [0.5, 0.6) is 5.75 Å². The Balaban J connectivity index is 1.65. The smallest absolute Gasteiger partial charge is 0.338 e. The molecule has 172 valence electrons. The van der Waals surface area contributed by atoms with E-state index < -0.39 is 30.1 Å². The van der Waals surface area contributed by atoms with E-state index in [2.05, 4.69) is 10.3 Å². The second-order valence-electron chi connectivity index (χ2n) is 7.29. The van der Waals surface area contributed by atoms with Crippen molar-refractivity contribution < 1.29 is 27.8 Å². The van der Waals surface area contributed by atoms with Gasteiger partial charge in [0.25, 0.3) is 5.91 Å². The maximum Gasteiger partial charge on any atom is 0.338 e. The van der Waals surface area contributed by atoms with Gasteiger partial charge in [-0.2, -0.15) is 0 Å². The van der Waals surface area contributed by atoms with Crippen LogP contribution in [-0.4, -0.2) is 30.1 Å². The SMILES string of the molecule is CCOC(=O)c1ccc2nc(-c3ccccc3)cc(OCC(=O)Nc3ccc(F)cc3F)c2c1. The molecule has 0 atom stereocenters. The maximum absolute atomic E-state index is 13.9. The monoisotopic (exact) mass is 462 g/mol. The molecule has 1 amide bonds. The van der Waals surface area contributed by atoms with E-state index in [1.165, 1.54) is 0 Å². The van der Waals surface area contributed by atoms with Crippen molar-refractivity contribution in [3.63, 3.8) is 0 Å². The standard InChI is InChI=1S/C26H20F2N2O4/c1-2-33-26(32)17-8-10-21-19(12-17)24(14-23(29-21)16-6-4-3-5-7-16)34-15-25(31)30-22-11-9-18(27)13-20(22)28/h3-14H,2,15H2,1H3,(H,30,31). The Morgan fingerprint density at radius 3 is 2.50 bits per heavy atom. The summed E-state index contributed by atoms with van der Waals surface area (Å²) in [7, 11) is 0. The molecule has 8 heteroatoms. The first-order valence-electron chi connectivity index (χ1n) is 10.5. The van der Waals surface area contributed by atoms with Gasteiger partial charge in [0, 0.05) is 23.1 Å². The second kappa shape index (κ2) is 10.1. The number of amides is 1. The molecule has 1 N–H and O–H groups in total. The van der Waals surface area contributed by atoms with Crippen LogP contribution in [0.15, 0.2) is 72.8 Å². The second-order valence-corrected chi connectivity index (χ2v) is 7.29. The molecule has 3 aromatic carbocycles. The molecule has 0 spiro atoms. The number of nitrogens with zero attached hydrogens (tertiary/aromatic N) is 1. The molecule has 34 heavy (non-hydrogen) atoms. The van der Waals surface area contributed by atoms with Gasteiger partial charge in [0.2, 0.25) is 0 Å². The number of nitrogens with one attached hydrogen (secondary N) is 1. The summed E-state index contributed by atoms with van der Waals surface area (Å²) in [5.41, 5.74) is 2.14. The molecule has 0 saturated carbocycles. The summed E-state index contributed by atoms with van der Waals surface area (Å²) in [6.45, 7) is 1.49. The van der Waals surface area contributed by atoms with E-state index in [1.807, 2.05) is 30.3 Å². The van der Waals surface area contributed by atoms with Gasteiger partial charge >= 0.3 is 5.97 Å². The van der Waals surface area contributed by atoms with Crippen LogP contribution in [0.3, 0.4) is 0 Å². The molecule has 4 rings (SSSR count). The molecule has 0 saturated heterocycles. The van der Waals surface area contributed by atoms with Gasteiger partial charge < -0.3 is 14.8 Å². The number of fused-ring (bicyclic) bond motifs is 1. The lowest BCUT2D eigenvalue weighted by molar-refractivity contribution is -0.118. The van der Waals surface area contributed by atoms with Gasteiger partial charge in [0.05, 0.1) is 29.1 Å². The van der Waals surface area contributed by atoms with Crippen LogP contribution in [0.25, 0.3) is 22.2 Å². The number of esters is 1. The van der Waals surface area contributed by atoms with E-state index in [-0.39, 0.29) is 12.3 Å². The summed E-state index contributed by atoms with van der Waals surface area (Å²) < 4.78 is 37.8. The van der Waals surface area contributed by atoms with Crippen molar-refractivity contribution in [2.75, 3.05) is 18.5 Å². The molecule has 0 aliphatic heterocycles. The minimum Gasteiger partial charge on any atom is -0.483 e. The summed E-state index contributed by atoms with van der Waals surface area (Å²) >= 11 is 0. The van der Waals surface area contributed by atoms with Gasteiger partial charge in [0.15, 0.2) is 6.61 Å². The predicted octanol–water partition coefficient (Wildman–Crippen LogP) is 5.37. The maximum atomic E-state index is 13.9. The molecule has 0 unspecified atom stereocenters. The van der Waals surface area contributed by atoms with Crippen molar-refractivity contribution >= 4 is 28.5 Å². The van der Waals surface area contributed by atoms with Crippen molar-refractivity contribution in [1.29, 1.82) is 0 Å². The third-order valence-electron chi connectivity index (χ3n) is 4.92. The minimum atomic E-state index is -0.895. The Morgan fingerprint density at radius 2 is 1.76 bits per heavy atom. The number of carbonyl (C=O) groups excluding carboxylic acids is 2. The van der Waals surface area contributed by atoms with E-state index in [9.17, 15) is 18.4 Å². The van der Waals surface area contributed by atoms with Crippen LogP contribution < -0.4 is 10.1 Å².